The lowest BCUT2D eigenvalue weighted by Crippen LogP contribution is -2.49. The van der Waals surface area contributed by atoms with Gasteiger partial charge in [-0.2, -0.15) is 0 Å². The molecule has 0 spiro atoms. The highest BCUT2D eigenvalue weighted by Gasteiger charge is 2.21. The maximum absolute atomic E-state index is 12.5. The van der Waals surface area contributed by atoms with Gasteiger partial charge in [-0.1, -0.05) is 24.3 Å². The Morgan fingerprint density at radius 3 is 2.43 bits per heavy atom. The van der Waals surface area contributed by atoms with Gasteiger partial charge in [0, 0.05) is 44.5 Å². The first-order valence-corrected chi connectivity index (χ1v) is 10.2. The molecule has 0 unspecified atom stereocenters. The molecule has 7 heteroatoms. The van der Waals surface area contributed by atoms with Gasteiger partial charge in [-0.25, -0.2) is 13.8 Å². The summed E-state index contributed by atoms with van der Waals surface area (Å²) in [5.74, 6) is 0.794. The van der Waals surface area contributed by atoms with Gasteiger partial charge in [0.1, 0.15) is 0 Å². The molecule has 0 bridgehead atoms. The van der Waals surface area contributed by atoms with E-state index in [-0.39, 0.29) is 12.6 Å². The monoisotopic (exact) mass is 391 g/mol. The van der Waals surface area contributed by atoms with Crippen molar-refractivity contribution in [3.63, 3.8) is 0 Å². The molecule has 2 heterocycles. The maximum Gasteiger partial charge on any atom is 0.251 e. The zero-order chi connectivity index (χ0) is 19.8. The Balaban J connectivity index is 1.50. The van der Waals surface area contributed by atoms with Crippen LogP contribution >= 0.6 is 0 Å². The van der Waals surface area contributed by atoms with Gasteiger partial charge in [-0.3, -0.25) is 4.90 Å². The van der Waals surface area contributed by atoms with Gasteiger partial charge >= 0.3 is 0 Å². The van der Waals surface area contributed by atoms with Crippen molar-refractivity contribution in [1.82, 2.24) is 15.5 Å². The molecular formula is C21H31F2N5. The molecule has 2 aliphatic rings. The molecule has 28 heavy (non-hydrogen) atoms. The van der Waals surface area contributed by atoms with E-state index in [2.05, 4.69) is 52.0 Å². The van der Waals surface area contributed by atoms with Crippen LogP contribution in [0.4, 0.5) is 14.5 Å². The van der Waals surface area contributed by atoms with Crippen molar-refractivity contribution in [3.05, 3.63) is 42.0 Å². The Hall–Kier alpha value is -2.15. The minimum absolute atomic E-state index is 0.121. The maximum atomic E-state index is 12.5. The molecule has 1 fully saturated rings. The van der Waals surface area contributed by atoms with E-state index < -0.39 is 6.43 Å². The predicted molar refractivity (Wildman–Crippen MR) is 111 cm³/mol. The number of nitrogens with zero attached hydrogens (tertiary/aromatic N) is 3. The number of likely N-dealkylation sites (tertiary alicyclic amines) is 1. The average molecular weight is 392 g/mol. The lowest BCUT2D eigenvalue weighted by atomic mass is 10.1. The molecule has 0 aliphatic carbocycles. The third kappa shape index (κ3) is 6.19. The quantitative estimate of drug-likeness (QED) is 0.426. The largest absolute Gasteiger partial charge is 0.364 e. The molecule has 0 atom stereocenters. The normalized spacial score (nSPS) is 18.9. The van der Waals surface area contributed by atoms with Crippen LogP contribution in [0.15, 0.2) is 41.4 Å². The number of alkyl halides is 2. The SMILES string of the molecule is CCNC(=NCc1ccc(N2CC=CC2)cc1)NC1CCN(CC(F)F)CC1. The summed E-state index contributed by atoms with van der Waals surface area (Å²) in [6.07, 6.45) is 3.83. The zero-order valence-electron chi connectivity index (χ0n) is 16.6. The summed E-state index contributed by atoms with van der Waals surface area (Å²) in [4.78, 5) is 8.86. The molecule has 1 aromatic carbocycles. The van der Waals surface area contributed by atoms with Crippen LogP contribution in [0.25, 0.3) is 0 Å². The van der Waals surface area contributed by atoms with Gasteiger partial charge in [0.25, 0.3) is 6.43 Å². The Morgan fingerprint density at radius 1 is 1.14 bits per heavy atom. The molecule has 5 nitrogen and oxygen atoms in total. The number of hydrogen-bond acceptors (Lipinski definition) is 3. The highest BCUT2D eigenvalue weighted by Crippen LogP contribution is 2.18. The second kappa shape index (κ2) is 10.4. The second-order valence-electron chi connectivity index (χ2n) is 7.35. The molecule has 0 saturated carbocycles. The average Bonchev–Trinajstić information content (AvgIpc) is 3.23. The van der Waals surface area contributed by atoms with E-state index in [1.807, 2.05) is 11.8 Å². The third-order valence-electron chi connectivity index (χ3n) is 5.21. The number of aliphatic imine (C=N–C) groups is 1. The summed E-state index contributed by atoms with van der Waals surface area (Å²) in [5, 5.41) is 6.75. The van der Waals surface area contributed by atoms with Crippen molar-refractivity contribution in [2.45, 2.75) is 38.8 Å². The van der Waals surface area contributed by atoms with E-state index in [0.29, 0.717) is 19.6 Å². The standard InChI is InChI=1S/C21H31F2N5/c1-2-24-21(26-18-9-13-27(14-10-18)16-20(22)23)25-15-17-5-7-19(8-6-17)28-11-3-4-12-28/h3-8,18,20H,2,9-16H2,1H3,(H2,24,25,26). The molecule has 154 valence electrons. The molecule has 2 N–H and O–H groups in total. The molecule has 0 amide bonds. The Kier molecular flexibility index (Phi) is 7.65. The first-order valence-electron chi connectivity index (χ1n) is 10.2. The third-order valence-corrected chi connectivity index (χ3v) is 5.21. The van der Waals surface area contributed by atoms with Gasteiger partial charge in [-0.05, 0) is 37.5 Å². The lowest BCUT2D eigenvalue weighted by molar-refractivity contribution is 0.0744. The lowest BCUT2D eigenvalue weighted by Gasteiger charge is -2.32. The van der Waals surface area contributed by atoms with Crippen LogP contribution in [-0.4, -0.2) is 62.6 Å². The van der Waals surface area contributed by atoms with Gasteiger partial charge in [0.15, 0.2) is 5.96 Å². The number of nitrogens with one attached hydrogen (secondary N) is 2. The minimum Gasteiger partial charge on any atom is -0.364 e. The van der Waals surface area contributed by atoms with Crippen LogP contribution in [0.5, 0.6) is 0 Å². The summed E-state index contributed by atoms with van der Waals surface area (Å²) in [7, 11) is 0. The predicted octanol–water partition coefficient (Wildman–Crippen LogP) is 2.85. The van der Waals surface area contributed by atoms with Crippen molar-refractivity contribution < 1.29 is 8.78 Å². The number of guanidine groups is 1. The molecular weight excluding hydrogens is 360 g/mol. The fraction of sp³-hybridized carbons (Fsp3) is 0.571. The van der Waals surface area contributed by atoms with Gasteiger partial charge in [0.2, 0.25) is 0 Å². The number of halogens is 2. The molecule has 1 aromatic rings. The number of rotatable bonds is 7. The topological polar surface area (TPSA) is 42.9 Å². The van der Waals surface area contributed by atoms with E-state index in [9.17, 15) is 8.78 Å². The summed E-state index contributed by atoms with van der Waals surface area (Å²) >= 11 is 0. The van der Waals surface area contributed by atoms with Crippen molar-refractivity contribution >= 4 is 11.6 Å². The minimum atomic E-state index is -2.25. The van der Waals surface area contributed by atoms with Crippen LogP contribution in [0.1, 0.15) is 25.3 Å². The fourth-order valence-corrected chi connectivity index (χ4v) is 3.64. The first-order chi connectivity index (χ1) is 13.6. The highest BCUT2D eigenvalue weighted by atomic mass is 19.3. The Bertz CT molecular complexity index is 643. The number of anilines is 1. The van der Waals surface area contributed by atoms with Gasteiger partial charge in [-0.15, -0.1) is 0 Å². The van der Waals surface area contributed by atoms with E-state index in [4.69, 9.17) is 4.99 Å². The van der Waals surface area contributed by atoms with Crippen LogP contribution in [0, 0.1) is 0 Å². The molecule has 0 aromatic heterocycles. The summed E-state index contributed by atoms with van der Waals surface area (Å²) in [6.45, 7) is 6.67. The second-order valence-corrected chi connectivity index (χ2v) is 7.35. The van der Waals surface area contributed by atoms with Crippen LogP contribution < -0.4 is 15.5 Å². The van der Waals surface area contributed by atoms with Crippen molar-refractivity contribution in [2.24, 2.45) is 4.99 Å². The van der Waals surface area contributed by atoms with Crippen molar-refractivity contribution in [1.29, 1.82) is 0 Å². The van der Waals surface area contributed by atoms with Gasteiger partial charge < -0.3 is 15.5 Å². The van der Waals surface area contributed by atoms with E-state index in [1.165, 1.54) is 11.3 Å². The molecule has 0 radical (unpaired) electrons. The summed E-state index contributed by atoms with van der Waals surface area (Å²) < 4.78 is 25.0. The molecule has 2 aliphatic heterocycles. The summed E-state index contributed by atoms with van der Waals surface area (Å²) in [6, 6.07) is 8.83. The summed E-state index contributed by atoms with van der Waals surface area (Å²) in [5.41, 5.74) is 2.40. The fourth-order valence-electron chi connectivity index (χ4n) is 3.64. The van der Waals surface area contributed by atoms with E-state index in [1.54, 1.807) is 0 Å². The molecule has 1 saturated heterocycles. The number of benzene rings is 1. The highest BCUT2D eigenvalue weighted by molar-refractivity contribution is 5.80. The number of piperidine rings is 1. The smallest absolute Gasteiger partial charge is 0.251 e. The van der Waals surface area contributed by atoms with Crippen molar-refractivity contribution in [2.75, 3.05) is 44.2 Å². The molecule has 3 rings (SSSR count). The van der Waals surface area contributed by atoms with Crippen LogP contribution in [0.3, 0.4) is 0 Å². The van der Waals surface area contributed by atoms with E-state index >= 15 is 0 Å². The van der Waals surface area contributed by atoms with Gasteiger partial charge in [0.05, 0.1) is 13.1 Å². The Labute approximate surface area is 166 Å². The van der Waals surface area contributed by atoms with Crippen LogP contribution in [-0.2, 0) is 6.54 Å². The van der Waals surface area contributed by atoms with Crippen LogP contribution in [0.2, 0.25) is 0 Å². The number of hydrogen-bond donors (Lipinski definition) is 2. The van der Waals surface area contributed by atoms with E-state index in [0.717, 1.165) is 38.4 Å². The zero-order valence-corrected chi connectivity index (χ0v) is 16.6. The first kappa shape index (κ1) is 20.6. The van der Waals surface area contributed by atoms with Crippen molar-refractivity contribution in [3.8, 4) is 0 Å². The Morgan fingerprint density at radius 2 is 1.82 bits per heavy atom.